The molecule has 0 aliphatic heterocycles. The molecule has 2 fully saturated rings. The van der Waals surface area contributed by atoms with Crippen LogP contribution in [0.15, 0.2) is 4.99 Å². The van der Waals surface area contributed by atoms with Crippen molar-refractivity contribution in [3.63, 3.8) is 0 Å². The first-order valence-corrected chi connectivity index (χ1v) is 11.2. The van der Waals surface area contributed by atoms with E-state index in [1.807, 2.05) is 11.8 Å². The molecule has 5 nitrogen and oxygen atoms in total. The van der Waals surface area contributed by atoms with E-state index < -0.39 is 5.60 Å². The third-order valence-corrected chi connectivity index (χ3v) is 6.62. The molecule has 0 aromatic heterocycles. The lowest BCUT2D eigenvalue weighted by Gasteiger charge is -2.44. The molecular weight excluding hydrogens is 461 g/mol. The van der Waals surface area contributed by atoms with Crippen molar-refractivity contribution in [2.24, 2.45) is 4.99 Å². The number of nitrogens with zero attached hydrogens (tertiary/aromatic N) is 1. The van der Waals surface area contributed by atoms with E-state index >= 15 is 0 Å². The number of rotatable bonds is 9. The van der Waals surface area contributed by atoms with Crippen molar-refractivity contribution in [3.8, 4) is 0 Å². The van der Waals surface area contributed by atoms with Gasteiger partial charge in [-0.1, -0.05) is 32.6 Å². The van der Waals surface area contributed by atoms with Gasteiger partial charge < -0.3 is 20.5 Å². The monoisotopic (exact) mass is 499 g/mol. The number of aliphatic hydroxyl groups is 1. The number of guanidine groups is 1. The Morgan fingerprint density at radius 2 is 1.88 bits per heavy atom. The van der Waals surface area contributed by atoms with Crippen molar-refractivity contribution in [2.75, 3.05) is 32.0 Å². The second kappa shape index (κ2) is 13.4. The summed E-state index contributed by atoms with van der Waals surface area (Å²) in [5.74, 6) is 1.83. The highest BCUT2D eigenvalue weighted by Gasteiger charge is 2.45. The predicted molar refractivity (Wildman–Crippen MR) is 123 cm³/mol. The van der Waals surface area contributed by atoms with E-state index in [1.54, 1.807) is 0 Å². The molecule has 154 valence electrons. The number of hydrogen-bond donors (Lipinski definition) is 3. The van der Waals surface area contributed by atoms with Crippen LogP contribution in [0.3, 0.4) is 0 Å². The molecule has 26 heavy (non-hydrogen) atoms. The van der Waals surface area contributed by atoms with Crippen LogP contribution in [0.25, 0.3) is 0 Å². The Balaban J connectivity index is 0.00000338. The molecule has 0 saturated heterocycles. The lowest BCUT2D eigenvalue weighted by Crippen LogP contribution is -2.53. The third kappa shape index (κ3) is 8.10. The molecule has 2 rings (SSSR count). The fraction of sp³-hybridized carbons (Fsp3) is 0.947. The summed E-state index contributed by atoms with van der Waals surface area (Å²) in [6.07, 6.45) is 10.1. The number of halogens is 1. The molecule has 0 bridgehead atoms. The standard InChI is InChI=1S/C19H37N3O2S.HI/c1-3-20-18(22-15-19(23)12-11-17(19)25-4-2)21-13-14-24-16-9-7-5-6-8-10-16;/h16-17,23H,3-15H2,1-2H3,(H2,20,21,22);1H. The summed E-state index contributed by atoms with van der Waals surface area (Å²) in [7, 11) is 0. The summed E-state index contributed by atoms with van der Waals surface area (Å²) in [6.45, 7) is 6.98. The number of aliphatic imine (C=N–C) groups is 1. The molecule has 2 aliphatic rings. The topological polar surface area (TPSA) is 65.9 Å². The van der Waals surface area contributed by atoms with Gasteiger partial charge in [0, 0.05) is 18.3 Å². The summed E-state index contributed by atoms with van der Waals surface area (Å²) in [5.41, 5.74) is -0.625. The first-order chi connectivity index (χ1) is 12.2. The van der Waals surface area contributed by atoms with Gasteiger partial charge in [-0.3, -0.25) is 4.99 Å². The van der Waals surface area contributed by atoms with Crippen LogP contribution in [0, 0.1) is 0 Å². The number of thioether (sulfide) groups is 1. The number of nitrogens with one attached hydrogen (secondary N) is 2. The molecule has 7 heteroatoms. The molecule has 0 aromatic rings. The fourth-order valence-corrected chi connectivity index (χ4v) is 4.77. The number of ether oxygens (including phenoxy) is 1. The average molecular weight is 500 g/mol. The van der Waals surface area contributed by atoms with Crippen LogP contribution in [0.1, 0.15) is 65.2 Å². The van der Waals surface area contributed by atoms with E-state index in [4.69, 9.17) is 4.74 Å². The van der Waals surface area contributed by atoms with Gasteiger partial charge in [0.2, 0.25) is 0 Å². The molecule has 2 aliphatic carbocycles. The molecule has 2 unspecified atom stereocenters. The molecule has 0 radical (unpaired) electrons. The van der Waals surface area contributed by atoms with Gasteiger partial charge in [-0.05, 0) is 38.4 Å². The highest BCUT2D eigenvalue weighted by atomic mass is 127. The zero-order valence-corrected chi connectivity index (χ0v) is 19.6. The van der Waals surface area contributed by atoms with Crippen molar-refractivity contribution in [1.82, 2.24) is 10.6 Å². The maximum absolute atomic E-state index is 10.7. The molecule has 0 aromatic carbocycles. The molecule has 0 heterocycles. The van der Waals surface area contributed by atoms with Crippen LogP contribution < -0.4 is 10.6 Å². The van der Waals surface area contributed by atoms with Crippen LogP contribution >= 0.6 is 35.7 Å². The smallest absolute Gasteiger partial charge is 0.191 e. The largest absolute Gasteiger partial charge is 0.387 e. The summed E-state index contributed by atoms with van der Waals surface area (Å²) in [6, 6.07) is 0. The maximum atomic E-state index is 10.7. The summed E-state index contributed by atoms with van der Waals surface area (Å²) >= 11 is 1.85. The minimum atomic E-state index is -0.625. The van der Waals surface area contributed by atoms with Gasteiger partial charge >= 0.3 is 0 Å². The van der Waals surface area contributed by atoms with Crippen LogP contribution in [0.2, 0.25) is 0 Å². The molecule has 0 spiro atoms. The summed E-state index contributed by atoms with van der Waals surface area (Å²) < 4.78 is 6.02. The van der Waals surface area contributed by atoms with E-state index in [1.165, 1.54) is 38.5 Å². The quantitative estimate of drug-likeness (QED) is 0.149. The molecule has 2 saturated carbocycles. The lowest BCUT2D eigenvalue weighted by molar-refractivity contribution is -0.0154. The van der Waals surface area contributed by atoms with Crippen molar-refractivity contribution in [2.45, 2.75) is 82.2 Å². The normalized spacial score (nSPS) is 27.2. The Morgan fingerprint density at radius 1 is 1.15 bits per heavy atom. The van der Waals surface area contributed by atoms with Crippen molar-refractivity contribution >= 4 is 41.7 Å². The predicted octanol–water partition coefficient (Wildman–Crippen LogP) is 3.55. The Hall–Kier alpha value is 0.270. The van der Waals surface area contributed by atoms with Gasteiger partial charge in [-0.15, -0.1) is 24.0 Å². The number of hydrogen-bond acceptors (Lipinski definition) is 4. The van der Waals surface area contributed by atoms with Gasteiger partial charge in [0.15, 0.2) is 5.96 Å². The first kappa shape index (κ1) is 24.3. The van der Waals surface area contributed by atoms with E-state index in [-0.39, 0.29) is 24.0 Å². The highest BCUT2D eigenvalue weighted by molar-refractivity contribution is 14.0. The third-order valence-electron chi connectivity index (χ3n) is 5.21. The van der Waals surface area contributed by atoms with E-state index in [9.17, 15) is 5.11 Å². The van der Waals surface area contributed by atoms with Gasteiger partial charge in [-0.2, -0.15) is 11.8 Å². The molecule has 2 atom stereocenters. The van der Waals surface area contributed by atoms with E-state index in [0.29, 0.717) is 24.5 Å². The van der Waals surface area contributed by atoms with E-state index in [2.05, 4.69) is 29.5 Å². The Labute approximate surface area is 180 Å². The van der Waals surface area contributed by atoms with Crippen molar-refractivity contribution in [1.29, 1.82) is 0 Å². The Morgan fingerprint density at radius 3 is 2.46 bits per heavy atom. The zero-order valence-electron chi connectivity index (χ0n) is 16.5. The van der Waals surface area contributed by atoms with Crippen molar-refractivity contribution < 1.29 is 9.84 Å². The lowest BCUT2D eigenvalue weighted by atomic mass is 9.79. The van der Waals surface area contributed by atoms with Crippen LogP contribution in [0.5, 0.6) is 0 Å². The van der Waals surface area contributed by atoms with Crippen LogP contribution in [-0.4, -0.2) is 60.0 Å². The first-order valence-electron chi connectivity index (χ1n) is 10.2. The second-order valence-electron chi connectivity index (χ2n) is 7.19. The van der Waals surface area contributed by atoms with Crippen molar-refractivity contribution in [3.05, 3.63) is 0 Å². The minimum Gasteiger partial charge on any atom is -0.387 e. The SMILES string of the molecule is CCNC(=NCC1(O)CCC1SCC)NCCOC1CCCCCC1.I. The van der Waals surface area contributed by atoms with E-state index in [0.717, 1.165) is 37.6 Å². The summed E-state index contributed by atoms with van der Waals surface area (Å²) in [5, 5.41) is 17.6. The minimum absolute atomic E-state index is 0. The van der Waals surface area contributed by atoms with Gasteiger partial charge in [0.05, 0.1) is 24.9 Å². The zero-order chi connectivity index (χ0) is 18.0. The average Bonchev–Trinajstić information content (AvgIpc) is 2.88. The van der Waals surface area contributed by atoms with Crippen LogP contribution in [0.4, 0.5) is 0 Å². The Kier molecular flexibility index (Phi) is 12.6. The second-order valence-corrected chi connectivity index (χ2v) is 8.67. The van der Waals surface area contributed by atoms with Gasteiger partial charge in [0.1, 0.15) is 0 Å². The maximum Gasteiger partial charge on any atom is 0.191 e. The Bertz CT molecular complexity index is 406. The summed E-state index contributed by atoms with van der Waals surface area (Å²) in [4.78, 5) is 4.61. The highest BCUT2D eigenvalue weighted by Crippen LogP contribution is 2.41. The molecule has 3 N–H and O–H groups in total. The van der Waals surface area contributed by atoms with Crippen LogP contribution in [-0.2, 0) is 4.74 Å². The van der Waals surface area contributed by atoms with Gasteiger partial charge in [0.25, 0.3) is 0 Å². The molecular formula is C19H38IN3O2S. The fourth-order valence-electron chi connectivity index (χ4n) is 3.58. The van der Waals surface area contributed by atoms with Gasteiger partial charge in [-0.25, -0.2) is 0 Å². The molecule has 0 amide bonds.